The fourth-order valence-corrected chi connectivity index (χ4v) is 3.20. The van der Waals surface area contributed by atoms with Crippen LogP contribution in [0.5, 0.6) is 0 Å². The number of nitrogens with zero attached hydrogens (tertiary/aromatic N) is 3. The van der Waals surface area contributed by atoms with Crippen LogP contribution in [0.3, 0.4) is 0 Å². The minimum Gasteiger partial charge on any atom is -0.419 e. The molecule has 5 nitrogen and oxygen atoms in total. The van der Waals surface area contributed by atoms with Crippen molar-refractivity contribution in [2.24, 2.45) is 0 Å². The van der Waals surface area contributed by atoms with Crippen LogP contribution in [-0.4, -0.2) is 15.2 Å². The van der Waals surface area contributed by atoms with Crippen molar-refractivity contribution in [3.05, 3.63) is 39.5 Å². The van der Waals surface area contributed by atoms with Gasteiger partial charge in [0, 0.05) is 11.1 Å². The maximum absolute atomic E-state index is 5.63. The van der Waals surface area contributed by atoms with E-state index in [1.54, 1.807) is 22.7 Å². The van der Waals surface area contributed by atoms with Gasteiger partial charge in [-0.3, -0.25) is 5.32 Å². The summed E-state index contributed by atoms with van der Waals surface area (Å²) >= 11 is 3.25. The van der Waals surface area contributed by atoms with Crippen LogP contribution in [-0.2, 0) is 6.54 Å². The maximum atomic E-state index is 5.63. The Balaban J connectivity index is 1.61. The molecule has 0 saturated carbocycles. The molecule has 3 rings (SSSR count). The lowest BCUT2D eigenvalue weighted by molar-refractivity contribution is 0.454. The molecule has 1 atom stereocenters. The second-order valence-corrected chi connectivity index (χ2v) is 6.25. The zero-order chi connectivity index (χ0) is 13.9. The van der Waals surface area contributed by atoms with Crippen LogP contribution in [0, 0.1) is 6.92 Å². The molecule has 0 aliphatic heterocycles. The molecule has 0 radical (unpaired) electrons. The number of aromatic nitrogens is 3. The molecule has 0 aliphatic rings. The topological polar surface area (TPSA) is 63.8 Å². The van der Waals surface area contributed by atoms with Gasteiger partial charge in [-0.1, -0.05) is 6.07 Å². The molecule has 0 aromatic carbocycles. The molecule has 104 valence electrons. The summed E-state index contributed by atoms with van der Waals surface area (Å²) in [4.78, 5) is 5.45. The first-order valence-corrected chi connectivity index (χ1v) is 8.00. The number of hydrogen-bond acceptors (Lipinski definition) is 7. The Bertz CT molecular complexity index is 674. The number of rotatable bonds is 5. The van der Waals surface area contributed by atoms with Crippen molar-refractivity contribution in [1.29, 1.82) is 0 Å². The van der Waals surface area contributed by atoms with Crippen molar-refractivity contribution < 1.29 is 4.42 Å². The number of aryl methyl sites for hydroxylation is 1. The van der Waals surface area contributed by atoms with Crippen LogP contribution in [0.15, 0.2) is 27.3 Å². The Kier molecular flexibility index (Phi) is 3.90. The van der Waals surface area contributed by atoms with Gasteiger partial charge in [0.05, 0.1) is 17.5 Å². The molecule has 0 aliphatic carbocycles. The third kappa shape index (κ3) is 2.95. The van der Waals surface area contributed by atoms with E-state index in [9.17, 15) is 0 Å². The van der Waals surface area contributed by atoms with Crippen LogP contribution >= 0.6 is 22.7 Å². The van der Waals surface area contributed by atoms with E-state index in [0.717, 1.165) is 15.6 Å². The van der Waals surface area contributed by atoms with Crippen molar-refractivity contribution in [2.75, 3.05) is 0 Å². The predicted molar refractivity (Wildman–Crippen MR) is 79.7 cm³/mol. The van der Waals surface area contributed by atoms with Crippen LogP contribution < -0.4 is 5.32 Å². The Hall–Kier alpha value is -1.57. The standard InChI is InChI=1S/C13H14N4OS2/c1-8-7-20-13(15-8)9(2)14-6-11-16-17-12(18-11)10-4-3-5-19-10/h3-5,7,9,14H,6H2,1-2H3/t9-/m1/s1. The smallest absolute Gasteiger partial charge is 0.257 e. The highest BCUT2D eigenvalue weighted by atomic mass is 32.1. The first-order valence-electron chi connectivity index (χ1n) is 6.24. The number of thiophene rings is 1. The second-order valence-electron chi connectivity index (χ2n) is 4.41. The van der Waals surface area contributed by atoms with Gasteiger partial charge in [-0.25, -0.2) is 4.98 Å². The molecular formula is C13H14N4OS2. The molecule has 0 bridgehead atoms. The molecule has 7 heteroatoms. The normalized spacial score (nSPS) is 12.7. The van der Waals surface area contributed by atoms with E-state index in [0.29, 0.717) is 18.3 Å². The Labute approximate surface area is 124 Å². The third-order valence-corrected chi connectivity index (χ3v) is 4.77. The molecule has 0 fully saturated rings. The third-order valence-electron chi connectivity index (χ3n) is 2.77. The lowest BCUT2D eigenvalue weighted by Crippen LogP contribution is -2.18. The van der Waals surface area contributed by atoms with E-state index >= 15 is 0 Å². The Morgan fingerprint density at radius 3 is 2.95 bits per heavy atom. The van der Waals surface area contributed by atoms with Crippen molar-refractivity contribution in [3.8, 4) is 10.8 Å². The van der Waals surface area contributed by atoms with Gasteiger partial charge in [0.1, 0.15) is 5.01 Å². The van der Waals surface area contributed by atoms with E-state index < -0.39 is 0 Å². The first-order chi connectivity index (χ1) is 9.72. The van der Waals surface area contributed by atoms with E-state index in [1.165, 1.54) is 0 Å². The predicted octanol–water partition coefficient (Wildman–Crippen LogP) is 3.41. The molecule has 3 aromatic rings. The second kappa shape index (κ2) is 5.82. The van der Waals surface area contributed by atoms with Gasteiger partial charge in [0.25, 0.3) is 5.89 Å². The summed E-state index contributed by atoms with van der Waals surface area (Å²) in [6.45, 7) is 4.62. The monoisotopic (exact) mass is 306 g/mol. The highest BCUT2D eigenvalue weighted by Crippen LogP contribution is 2.23. The quantitative estimate of drug-likeness (QED) is 0.782. The molecular weight excluding hydrogens is 292 g/mol. The van der Waals surface area contributed by atoms with E-state index in [4.69, 9.17) is 4.42 Å². The summed E-state index contributed by atoms with van der Waals surface area (Å²) in [6.07, 6.45) is 0. The average molecular weight is 306 g/mol. The van der Waals surface area contributed by atoms with E-state index in [2.05, 4.69) is 32.8 Å². The highest BCUT2D eigenvalue weighted by Gasteiger charge is 2.12. The van der Waals surface area contributed by atoms with Gasteiger partial charge in [-0.05, 0) is 25.3 Å². The lowest BCUT2D eigenvalue weighted by atomic mass is 10.3. The van der Waals surface area contributed by atoms with Crippen LogP contribution in [0.4, 0.5) is 0 Å². The minimum absolute atomic E-state index is 0.172. The summed E-state index contributed by atoms with van der Waals surface area (Å²) in [7, 11) is 0. The summed E-state index contributed by atoms with van der Waals surface area (Å²) in [6, 6.07) is 4.11. The SMILES string of the molecule is Cc1csc([C@@H](C)NCc2nnc(-c3cccs3)o2)n1. The average Bonchev–Trinajstić information content (AvgIpc) is 3.16. The largest absolute Gasteiger partial charge is 0.419 e. The molecule has 0 unspecified atom stereocenters. The Morgan fingerprint density at radius 1 is 1.35 bits per heavy atom. The van der Waals surface area contributed by atoms with Gasteiger partial charge in [0.2, 0.25) is 5.89 Å². The first kappa shape index (κ1) is 13.4. The molecule has 20 heavy (non-hydrogen) atoms. The fourth-order valence-electron chi connectivity index (χ4n) is 1.72. The van der Waals surface area contributed by atoms with Gasteiger partial charge < -0.3 is 4.42 Å². The van der Waals surface area contributed by atoms with E-state index in [1.807, 2.05) is 24.4 Å². The lowest BCUT2D eigenvalue weighted by Gasteiger charge is -2.08. The molecule has 3 aromatic heterocycles. The van der Waals surface area contributed by atoms with Crippen LogP contribution in [0.25, 0.3) is 10.8 Å². The molecule has 0 spiro atoms. The number of hydrogen-bond donors (Lipinski definition) is 1. The van der Waals surface area contributed by atoms with Crippen LogP contribution in [0.1, 0.15) is 29.6 Å². The van der Waals surface area contributed by atoms with E-state index in [-0.39, 0.29) is 6.04 Å². The summed E-state index contributed by atoms with van der Waals surface area (Å²) < 4.78 is 5.63. The maximum Gasteiger partial charge on any atom is 0.257 e. The fraction of sp³-hybridized carbons (Fsp3) is 0.308. The summed E-state index contributed by atoms with van der Waals surface area (Å²) in [5.41, 5.74) is 1.05. The molecule has 0 amide bonds. The molecule has 0 saturated heterocycles. The van der Waals surface area contributed by atoms with Gasteiger partial charge >= 0.3 is 0 Å². The summed E-state index contributed by atoms with van der Waals surface area (Å²) in [5, 5.41) is 16.6. The van der Waals surface area contributed by atoms with Crippen molar-refractivity contribution in [2.45, 2.75) is 26.4 Å². The van der Waals surface area contributed by atoms with Gasteiger partial charge in [-0.15, -0.1) is 32.9 Å². The highest BCUT2D eigenvalue weighted by molar-refractivity contribution is 7.13. The van der Waals surface area contributed by atoms with Gasteiger partial charge in [-0.2, -0.15) is 0 Å². The minimum atomic E-state index is 0.172. The molecule has 3 heterocycles. The number of nitrogens with one attached hydrogen (secondary N) is 1. The zero-order valence-corrected chi connectivity index (χ0v) is 12.8. The summed E-state index contributed by atoms with van der Waals surface area (Å²) in [5.74, 6) is 1.17. The van der Waals surface area contributed by atoms with Crippen LogP contribution in [0.2, 0.25) is 0 Å². The van der Waals surface area contributed by atoms with Gasteiger partial charge in [0.15, 0.2) is 0 Å². The van der Waals surface area contributed by atoms with Crippen molar-refractivity contribution in [1.82, 2.24) is 20.5 Å². The van der Waals surface area contributed by atoms with Crippen molar-refractivity contribution in [3.63, 3.8) is 0 Å². The number of thiazole rings is 1. The zero-order valence-electron chi connectivity index (χ0n) is 11.2. The molecule has 1 N–H and O–H groups in total. The Morgan fingerprint density at radius 2 is 2.25 bits per heavy atom. The van der Waals surface area contributed by atoms with Crippen molar-refractivity contribution >= 4 is 22.7 Å².